The number of carboxylic acids is 1. The molecule has 5 heteroatoms. The summed E-state index contributed by atoms with van der Waals surface area (Å²) in [6.45, 7) is 9.82. The van der Waals surface area contributed by atoms with E-state index in [1.54, 1.807) is 13.8 Å². The predicted molar refractivity (Wildman–Crippen MR) is 89.7 cm³/mol. The van der Waals surface area contributed by atoms with Crippen molar-refractivity contribution in [3.05, 3.63) is 29.8 Å². The Hall–Kier alpha value is -2.04. The zero-order valence-corrected chi connectivity index (χ0v) is 14.6. The standard InChI is InChI=1S/C18H27NO4/c1-12(9-10-16(20)21)19-17(22)13(2)23-15-8-6-7-14(11-15)18(3,4)5/h6-8,11-13H,9-10H2,1-5H3,(H,19,22)(H,20,21). The van der Waals surface area contributed by atoms with Gasteiger partial charge in [-0.05, 0) is 43.4 Å². The summed E-state index contributed by atoms with van der Waals surface area (Å²) in [7, 11) is 0. The smallest absolute Gasteiger partial charge is 0.303 e. The van der Waals surface area contributed by atoms with Gasteiger partial charge in [0.05, 0.1) is 0 Å². The van der Waals surface area contributed by atoms with Gasteiger partial charge in [-0.3, -0.25) is 9.59 Å². The Labute approximate surface area is 138 Å². The molecule has 0 fully saturated rings. The summed E-state index contributed by atoms with van der Waals surface area (Å²) in [4.78, 5) is 22.6. The molecule has 1 rings (SSSR count). The fraction of sp³-hybridized carbons (Fsp3) is 0.556. The number of hydrogen-bond acceptors (Lipinski definition) is 3. The van der Waals surface area contributed by atoms with Crippen LogP contribution in [-0.4, -0.2) is 29.1 Å². The summed E-state index contributed by atoms with van der Waals surface area (Å²) in [5.41, 5.74) is 1.15. The first-order valence-electron chi connectivity index (χ1n) is 7.89. The van der Waals surface area contributed by atoms with Gasteiger partial charge in [0.25, 0.3) is 5.91 Å². The van der Waals surface area contributed by atoms with Crippen LogP contribution in [0.15, 0.2) is 24.3 Å². The Morgan fingerprint density at radius 3 is 2.48 bits per heavy atom. The van der Waals surface area contributed by atoms with E-state index in [9.17, 15) is 9.59 Å². The number of carbonyl (C=O) groups is 2. The number of benzene rings is 1. The summed E-state index contributed by atoms with van der Waals surface area (Å²) >= 11 is 0. The molecule has 2 atom stereocenters. The molecule has 5 nitrogen and oxygen atoms in total. The highest BCUT2D eigenvalue weighted by atomic mass is 16.5. The monoisotopic (exact) mass is 321 g/mol. The van der Waals surface area contributed by atoms with Crippen molar-refractivity contribution in [3.63, 3.8) is 0 Å². The Morgan fingerprint density at radius 2 is 1.91 bits per heavy atom. The normalized spacial score (nSPS) is 14.0. The highest BCUT2D eigenvalue weighted by molar-refractivity contribution is 5.81. The third-order valence-corrected chi connectivity index (χ3v) is 3.56. The molecule has 0 radical (unpaired) electrons. The molecule has 0 aromatic heterocycles. The van der Waals surface area contributed by atoms with Crippen molar-refractivity contribution >= 4 is 11.9 Å². The van der Waals surface area contributed by atoms with Crippen LogP contribution in [0.2, 0.25) is 0 Å². The third-order valence-electron chi connectivity index (χ3n) is 3.56. The molecule has 0 bridgehead atoms. The number of hydrogen-bond donors (Lipinski definition) is 2. The fourth-order valence-corrected chi connectivity index (χ4v) is 2.07. The summed E-state index contributed by atoms with van der Waals surface area (Å²) < 4.78 is 5.71. The van der Waals surface area contributed by atoms with Crippen LogP contribution < -0.4 is 10.1 Å². The van der Waals surface area contributed by atoms with E-state index >= 15 is 0 Å². The molecule has 0 saturated heterocycles. The Balaban J connectivity index is 2.60. The molecule has 1 amide bonds. The second-order valence-corrected chi connectivity index (χ2v) is 6.88. The van der Waals surface area contributed by atoms with Gasteiger partial charge in [0.15, 0.2) is 6.10 Å². The summed E-state index contributed by atoms with van der Waals surface area (Å²) in [6.07, 6.45) is -0.213. The lowest BCUT2D eigenvalue weighted by atomic mass is 9.87. The molecule has 1 aromatic carbocycles. The van der Waals surface area contributed by atoms with Gasteiger partial charge in [-0.25, -0.2) is 0 Å². The van der Waals surface area contributed by atoms with E-state index < -0.39 is 12.1 Å². The number of amides is 1. The molecule has 23 heavy (non-hydrogen) atoms. The number of rotatable bonds is 7. The van der Waals surface area contributed by atoms with Crippen molar-refractivity contribution in [2.45, 2.75) is 65.0 Å². The van der Waals surface area contributed by atoms with Gasteiger partial charge in [0, 0.05) is 12.5 Å². The van der Waals surface area contributed by atoms with E-state index in [0.717, 1.165) is 5.56 Å². The van der Waals surface area contributed by atoms with E-state index in [0.29, 0.717) is 12.2 Å². The minimum atomic E-state index is -0.866. The zero-order valence-electron chi connectivity index (χ0n) is 14.6. The summed E-state index contributed by atoms with van der Waals surface area (Å²) in [6, 6.07) is 7.51. The average Bonchev–Trinajstić information content (AvgIpc) is 2.44. The average molecular weight is 321 g/mol. The van der Waals surface area contributed by atoms with Crippen LogP contribution in [-0.2, 0) is 15.0 Å². The SMILES string of the molecule is CC(CCC(=O)O)NC(=O)C(C)Oc1cccc(C(C)(C)C)c1. The van der Waals surface area contributed by atoms with E-state index in [4.69, 9.17) is 9.84 Å². The lowest BCUT2D eigenvalue weighted by molar-refractivity contribution is -0.137. The van der Waals surface area contributed by atoms with Gasteiger partial charge in [-0.2, -0.15) is 0 Å². The van der Waals surface area contributed by atoms with E-state index in [2.05, 4.69) is 26.1 Å². The van der Waals surface area contributed by atoms with Crippen molar-refractivity contribution in [1.29, 1.82) is 0 Å². The minimum Gasteiger partial charge on any atom is -0.481 e. The van der Waals surface area contributed by atoms with Gasteiger partial charge >= 0.3 is 5.97 Å². The van der Waals surface area contributed by atoms with Crippen molar-refractivity contribution in [3.8, 4) is 5.75 Å². The molecule has 0 saturated carbocycles. The summed E-state index contributed by atoms with van der Waals surface area (Å²) in [5, 5.41) is 11.4. The molecule has 1 aromatic rings. The molecule has 128 valence electrons. The van der Waals surface area contributed by atoms with E-state index in [1.807, 2.05) is 24.3 Å². The number of carboxylic acid groups (broad SMARTS) is 1. The highest BCUT2D eigenvalue weighted by Crippen LogP contribution is 2.26. The first kappa shape index (κ1) is 19.0. The van der Waals surface area contributed by atoms with Gasteiger partial charge in [0.1, 0.15) is 5.75 Å². The van der Waals surface area contributed by atoms with E-state index in [1.165, 1.54) is 0 Å². The van der Waals surface area contributed by atoms with Gasteiger partial charge < -0.3 is 15.2 Å². The molecule has 0 heterocycles. The maximum atomic E-state index is 12.1. The van der Waals surface area contributed by atoms with Crippen LogP contribution >= 0.6 is 0 Å². The van der Waals surface area contributed by atoms with Gasteiger partial charge in [-0.15, -0.1) is 0 Å². The first-order chi connectivity index (χ1) is 10.6. The van der Waals surface area contributed by atoms with Crippen LogP contribution in [0.3, 0.4) is 0 Å². The topological polar surface area (TPSA) is 75.6 Å². The number of aliphatic carboxylic acids is 1. The number of carbonyl (C=O) groups excluding carboxylic acids is 1. The van der Waals surface area contributed by atoms with Gasteiger partial charge in [-0.1, -0.05) is 32.9 Å². The molecule has 0 aliphatic rings. The fourth-order valence-electron chi connectivity index (χ4n) is 2.07. The van der Waals surface area contributed by atoms with Gasteiger partial charge in [0.2, 0.25) is 0 Å². The Bertz CT molecular complexity index is 548. The first-order valence-corrected chi connectivity index (χ1v) is 7.89. The van der Waals surface area contributed by atoms with Crippen molar-refractivity contribution in [2.75, 3.05) is 0 Å². The third kappa shape index (κ3) is 6.72. The number of ether oxygens (including phenoxy) is 1. The van der Waals surface area contributed by atoms with Crippen LogP contribution in [0.25, 0.3) is 0 Å². The Kier molecular flexibility index (Phi) is 6.61. The highest BCUT2D eigenvalue weighted by Gasteiger charge is 2.19. The van der Waals surface area contributed by atoms with Crippen LogP contribution in [0.1, 0.15) is 53.0 Å². The second-order valence-electron chi connectivity index (χ2n) is 6.88. The lowest BCUT2D eigenvalue weighted by Gasteiger charge is -2.22. The minimum absolute atomic E-state index is 0.0101. The van der Waals surface area contributed by atoms with E-state index in [-0.39, 0.29) is 23.8 Å². The quantitative estimate of drug-likeness (QED) is 0.809. The van der Waals surface area contributed by atoms with Crippen LogP contribution in [0.5, 0.6) is 5.75 Å². The summed E-state index contributed by atoms with van der Waals surface area (Å²) in [5.74, 6) is -0.461. The second kappa shape index (κ2) is 7.99. The molecule has 0 spiro atoms. The molecule has 2 unspecified atom stereocenters. The van der Waals surface area contributed by atoms with Crippen molar-refractivity contribution in [1.82, 2.24) is 5.32 Å². The largest absolute Gasteiger partial charge is 0.481 e. The lowest BCUT2D eigenvalue weighted by Crippen LogP contribution is -2.41. The van der Waals surface area contributed by atoms with Crippen LogP contribution in [0.4, 0.5) is 0 Å². The number of nitrogens with one attached hydrogen (secondary N) is 1. The molecule has 0 aliphatic heterocycles. The van der Waals surface area contributed by atoms with Crippen LogP contribution in [0, 0.1) is 0 Å². The molecular formula is C18H27NO4. The molecule has 0 aliphatic carbocycles. The van der Waals surface area contributed by atoms with Crippen molar-refractivity contribution in [2.24, 2.45) is 0 Å². The predicted octanol–water partition coefficient (Wildman–Crippen LogP) is 3.12. The molecular weight excluding hydrogens is 294 g/mol. The maximum absolute atomic E-state index is 12.1. The molecule has 2 N–H and O–H groups in total. The van der Waals surface area contributed by atoms with Crippen molar-refractivity contribution < 1.29 is 19.4 Å². The zero-order chi connectivity index (χ0) is 17.6. The maximum Gasteiger partial charge on any atom is 0.303 e. The Morgan fingerprint density at radius 1 is 1.26 bits per heavy atom.